The van der Waals surface area contributed by atoms with Gasteiger partial charge in [0.05, 0.1) is 6.04 Å². The van der Waals surface area contributed by atoms with Crippen molar-refractivity contribution in [1.29, 1.82) is 0 Å². The maximum absolute atomic E-state index is 12.3. The molecule has 8 heteroatoms. The van der Waals surface area contributed by atoms with Crippen LogP contribution in [0.5, 0.6) is 0 Å². The summed E-state index contributed by atoms with van der Waals surface area (Å²) in [4.78, 5) is 25.8. The van der Waals surface area contributed by atoms with Crippen molar-refractivity contribution >= 4 is 42.3 Å². The summed E-state index contributed by atoms with van der Waals surface area (Å²) in [7, 11) is 0. The highest BCUT2D eigenvalue weighted by Crippen LogP contribution is 2.21. The van der Waals surface area contributed by atoms with Gasteiger partial charge in [-0.1, -0.05) is 32.9 Å². The number of rotatable bonds is 5. The van der Waals surface area contributed by atoms with Crippen LogP contribution in [0.4, 0.5) is 5.69 Å². The molecule has 1 fully saturated rings. The number of nitrogens with one attached hydrogen (secondary N) is 1. The van der Waals surface area contributed by atoms with Crippen molar-refractivity contribution in [3.63, 3.8) is 0 Å². The molecule has 1 atom stereocenters. The Labute approximate surface area is 174 Å². The number of primary amides is 1. The lowest BCUT2D eigenvalue weighted by atomic mass is 9.87. The molecule has 154 valence electrons. The SMILES string of the molecule is CC(C)(C)[C@H](N)C(=O)Nc1cccc(CN2CCC(C(N)=O)CC2)c1.Cl.Cl. The van der Waals surface area contributed by atoms with Crippen LogP contribution in [0.15, 0.2) is 24.3 Å². The Bertz CT molecular complexity index is 626. The summed E-state index contributed by atoms with van der Waals surface area (Å²) in [6, 6.07) is 7.26. The summed E-state index contributed by atoms with van der Waals surface area (Å²) in [5.74, 6) is -0.368. The number of piperidine rings is 1. The van der Waals surface area contributed by atoms with E-state index < -0.39 is 6.04 Å². The van der Waals surface area contributed by atoms with Gasteiger partial charge in [-0.15, -0.1) is 24.8 Å². The quantitative estimate of drug-likeness (QED) is 0.683. The van der Waals surface area contributed by atoms with Gasteiger partial charge in [0.2, 0.25) is 11.8 Å². The van der Waals surface area contributed by atoms with Crippen molar-refractivity contribution in [3.05, 3.63) is 29.8 Å². The highest BCUT2D eigenvalue weighted by atomic mass is 35.5. The van der Waals surface area contributed by atoms with Crippen LogP contribution in [0.1, 0.15) is 39.2 Å². The fourth-order valence-electron chi connectivity index (χ4n) is 2.99. The van der Waals surface area contributed by atoms with Crippen LogP contribution in [-0.4, -0.2) is 35.8 Å². The third-order valence-corrected chi connectivity index (χ3v) is 4.81. The number of anilines is 1. The van der Waals surface area contributed by atoms with Crippen molar-refractivity contribution in [2.24, 2.45) is 22.8 Å². The molecular formula is C19H32Cl2N4O2. The van der Waals surface area contributed by atoms with E-state index in [1.807, 2.05) is 45.0 Å². The zero-order valence-corrected chi connectivity index (χ0v) is 17.9. The number of benzene rings is 1. The Morgan fingerprint density at radius 2 is 1.81 bits per heavy atom. The maximum atomic E-state index is 12.3. The summed E-state index contributed by atoms with van der Waals surface area (Å²) in [6.07, 6.45) is 1.62. The Morgan fingerprint density at radius 3 is 2.33 bits per heavy atom. The van der Waals surface area contributed by atoms with Crippen LogP contribution in [0.3, 0.4) is 0 Å². The number of amides is 2. The molecule has 6 nitrogen and oxygen atoms in total. The van der Waals surface area contributed by atoms with E-state index in [2.05, 4.69) is 10.2 Å². The minimum Gasteiger partial charge on any atom is -0.369 e. The van der Waals surface area contributed by atoms with Crippen molar-refractivity contribution in [3.8, 4) is 0 Å². The lowest BCUT2D eigenvalue weighted by Crippen LogP contribution is -2.45. The second kappa shape index (κ2) is 10.9. The van der Waals surface area contributed by atoms with Crippen molar-refractivity contribution < 1.29 is 9.59 Å². The summed E-state index contributed by atoms with van der Waals surface area (Å²) < 4.78 is 0. The molecule has 27 heavy (non-hydrogen) atoms. The summed E-state index contributed by atoms with van der Waals surface area (Å²) in [6.45, 7) is 8.36. The molecule has 0 bridgehead atoms. The maximum Gasteiger partial charge on any atom is 0.241 e. The molecular weight excluding hydrogens is 387 g/mol. The molecule has 2 amide bonds. The first-order chi connectivity index (χ1) is 11.7. The molecule has 0 radical (unpaired) electrons. The third kappa shape index (κ3) is 7.66. The van der Waals surface area contributed by atoms with Crippen LogP contribution in [0.2, 0.25) is 0 Å². The first-order valence-electron chi connectivity index (χ1n) is 8.84. The van der Waals surface area contributed by atoms with E-state index in [0.29, 0.717) is 0 Å². The normalized spacial score (nSPS) is 16.6. The number of hydrogen-bond donors (Lipinski definition) is 3. The molecule has 1 aromatic carbocycles. The van der Waals surface area contributed by atoms with Crippen molar-refractivity contribution in [2.45, 2.75) is 46.2 Å². The average molecular weight is 419 g/mol. The number of likely N-dealkylation sites (tertiary alicyclic amines) is 1. The van der Waals surface area contributed by atoms with Gasteiger partial charge in [-0.2, -0.15) is 0 Å². The molecule has 1 saturated heterocycles. The standard InChI is InChI=1S/C19H30N4O2.2ClH/c1-19(2,3)16(20)18(25)22-15-6-4-5-13(11-15)12-23-9-7-14(8-10-23)17(21)24;;/h4-6,11,14,16H,7-10,12,20H2,1-3H3,(H2,21,24)(H,22,25);2*1H/t16-;;/m1../s1. The monoisotopic (exact) mass is 418 g/mol. The van der Waals surface area contributed by atoms with E-state index >= 15 is 0 Å². The van der Waals surface area contributed by atoms with E-state index in [1.54, 1.807) is 0 Å². The lowest BCUT2D eigenvalue weighted by Gasteiger charge is -2.30. The molecule has 0 aliphatic carbocycles. The summed E-state index contributed by atoms with van der Waals surface area (Å²) >= 11 is 0. The number of nitrogens with two attached hydrogens (primary N) is 2. The Morgan fingerprint density at radius 1 is 1.22 bits per heavy atom. The van der Waals surface area contributed by atoms with Crippen LogP contribution in [-0.2, 0) is 16.1 Å². The van der Waals surface area contributed by atoms with Gasteiger partial charge in [0.25, 0.3) is 0 Å². The molecule has 1 heterocycles. The summed E-state index contributed by atoms with van der Waals surface area (Å²) in [5.41, 5.74) is 13.0. The van der Waals surface area contributed by atoms with Gasteiger partial charge in [0, 0.05) is 18.2 Å². The zero-order chi connectivity index (χ0) is 18.6. The average Bonchev–Trinajstić information content (AvgIpc) is 2.54. The van der Waals surface area contributed by atoms with Crippen LogP contribution >= 0.6 is 24.8 Å². The third-order valence-electron chi connectivity index (χ3n) is 4.81. The first kappa shape index (κ1) is 25.7. The molecule has 1 aliphatic rings. The highest BCUT2D eigenvalue weighted by Gasteiger charge is 2.27. The number of nitrogens with zero attached hydrogens (tertiary/aromatic N) is 1. The largest absolute Gasteiger partial charge is 0.369 e. The molecule has 0 saturated carbocycles. The lowest BCUT2D eigenvalue weighted by molar-refractivity contribution is -0.123. The molecule has 2 rings (SSSR count). The van der Waals surface area contributed by atoms with Crippen LogP contribution in [0.25, 0.3) is 0 Å². The first-order valence-corrected chi connectivity index (χ1v) is 8.84. The smallest absolute Gasteiger partial charge is 0.241 e. The number of halogens is 2. The van der Waals surface area contributed by atoms with Crippen LogP contribution in [0, 0.1) is 11.3 Å². The number of hydrogen-bond acceptors (Lipinski definition) is 4. The minimum absolute atomic E-state index is 0. The Balaban J connectivity index is 0.00000338. The minimum atomic E-state index is -0.566. The van der Waals surface area contributed by atoms with Crippen molar-refractivity contribution in [1.82, 2.24) is 4.90 Å². The number of carbonyl (C=O) groups is 2. The van der Waals surface area contributed by atoms with E-state index in [4.69, 9.17) is 11.5 Å². The second-order valence-corrected chi connectivity index (χ2v) is 7.99. The van der Waals surface area contributed by atoms with Gasteiger partial charge in [-0.05, 0) is 49.0 Å². The van der Waals surface area contributed by atoms with Gasteiger partial charge >= 0.3 is 0 Å². The molecule has 1 aromatic rings. The predicted molar refractivity (Wildman–Crippen MR) is 114 cm³/mol. The molecule has 0 unspecified atom stereocenters. The summed E-state index contributed by atoms with van der Waals surface area (Å²) in [5, 5.41) is 2.90. The molecule has 1 aliphatic heterocycles. The molecule has 0 spiro atoms. The van der Waals surface area contributed by atoms with Gasteiger partial charge in [0.1, 0.15) is 0 Å². The van der Waals surface area contributed by atoms with E-state index in [0.717, 1.165) is 43.7 Å². The van der Waals surface area contributed by atoms with E-state index in [1.165, 1.54) is 0 Å². The fourth-order valence-corrected chi connectivity index (χ4v) is 2.99. The fraction of sp³-hybridized carbons (Fsp3) is 0.579. The molecule has 0 aromatic heterocycles. The van der Waals surface area contributed by atoms with Gasteiger partial charge in [0.15, 0.2) is 0 Å². The van der Waals surface area contributed by atoms with Gasteiger partial charge in [-0.3, -0.25) is 14.5 Å². The molecule has 5 N–H and O–H groups in total. The topological polar surface area (TPSA) is 101 Å². The van der Waals surface area contributed by atoms with Gasteiger partial charge in [-0.25, -0.2) is 0 Å². The van der Waals surface area contributed by atoms with Gasteiger partial charge < -0.3 is 16.8 Å². The second-order valence-electron chi connectivity index (χ2n) is 7.99. The van der Waals surface area contributed by atoms with E-state index in [9.17, 15) is 9.59 Å². The Hall–Kier alpha value is -1.34. The van der Waals surface area contributed by atoms with Crippen LogP contribution < -0.4 is 16.8 Å². The number of carbonyl (C=O) groups excluding carboxylic acids is 2. The predicted octanol–water partition coefficient (Wildman–Crippen LogP) is 2.54. The van der Waals surface area contributed by atoms with E-state index in [-0.39, 0.29) is 48.0 Å². The Kier molecular flexibility index (Phi) is 10.3. The zero-order valence-electron chi connectivity index (χ0n) is 16.2. The highest BCUT2D eigenvalue weighted by molar-refractivity contribution is 5.95. The van der Waals surface area contributed by atoms with Crippen molar-refractivity contribution in [2.75, 3.05) is 18.4 Å².